The molecule has 3 nitrogen and oxygen atoms in total. The zero-order chi connectivity index (χ0) is 10.5. The molecule has 0 radical (unpaired) electrons. The second-order valence-electron chi connectivity index (χ2n) is 3.69. The molecule has 0 amide bonds. The zero-order valence-corrected chi connectivity index (χ0v) is 9.08. The molecule has 1 heterocycles. The predicted octanol–water partition coefficient (Wildman–Crippen LogP) is 1.96. The van der Waals surface area contributed by atoms with E-state index in [2.05, 4.69) is 24.4 Å². The smallest absolute Gasteiger partial charge is 0.231 e. The minimum atomic E-state index is 0.354. The third-order valence-corrected chi connectivity index (χ3v) is 2.45. The Morgan fingerprint density at radius 1 is 1.20 bits per heavy atom. The maximum atomic E-state index is 5.32. The number of ether oxygens (including phenoxy) is 2. The van der Waals surface area contributed by atoms with Crippen LogP contribution in [0.1, 0.15) is 18.9 Å². The first-order valence-corrected chi connectivity index (χ1v) is 5.49. The lowest BCUT2D eigenvalue weighted by atomic mass is 10.1. The van der Waals surface area contributed by atoms with E-state index in [0.29, 0.717) is 6.79 Å². The first-order valence-electron chi connectivity index (χ1n) is 5.49. The van der Waals surface area contributed by atoms with E-state index >= 15 is 0 Å². The molecular formula is C12H17NO2. The Hall–Kier alpha value is -1.22. The quantitative estimate of drug-likeness (QED) is 0.749. The van der Waals surface area contributed by atoms with Crippen LogP contribution in [0.5, 0.6) is 11.5 Å². The van der Waals surface area contributed by atoms with Gasteiger partial charge in [-0.1, -0.05) is 13.0 Å². The summed E-state index contributed by atoms with van der Waals surface area (Å²) in [5.74, 6) is 1.74. The van der Waals surface area contributed by atoms with Gasteiger partial charge in [0.2, 0.25) is 6.79 Å². The normalized spacial score (nSPS) is 13.1. The highest BCUT2D eigenvalue weighted by Gasteiger charge is 2.12. The summed E-state index contributed by atoms with van der Waals surface area (Å²) in [7, 11) is 0. The van der Waals surface area contributed by atoms with Gasteiger partial charge in [-0.15, -0.1) is 0 Å². The van der Waals surface area contributed by atoms with Crippen molar-refractivity contribution in [3.05, 3.63) is 23.8 Å². The van der Waals surface area contributed by atoms with Crippen molar-refractivity contribution in [1.82, 2.24) is 5.32 Å². The van der Waals surface area contributed by atoms with Crippen molar-refractivity contribution in [2.75, 3.05) is 19.9 Å². The van der Waals surface area contributed by atoms with E-state index < -0.39 is 0 Å². The lowest BCUT2D eigenvalue weighted by Gasteiger charge is -2.04. The number of nitrogens with one attached hydrogen (secondary N) is 1. The molecule has 15 heavy (non-hydrogen) atoms. The van der Waals surface area contributed by atoms with Crippen LogP contribution in [0.3, 0.4) is 0 Å². The summed E-state index contributed by atoms with van der Waals surface area (Å²) in [6.07, 6.45) is 2.22. The van der Waals surface area contributed by atoms with Crippen LogP contribution >= 0.6 is 0 Å². The number of hydrogen-bond donors (Lipinski definition) is 1. The van der Waals surface area contributed by atoms with E-state index in [-0.39, 0.29) is 0 Å². The lowest BCUT2D eigenvalue weighted by molar-refractivity contribution is 0.174. The average Bonchev–Trinajstić information content (AvgIpc) is 2.71. The van der Waals surface area contributed by atoms with E-state index in [0.717, 1.165) is 31.0 Å². The largest absolute Gasteiger partial charge is 0.454 e. The fourth-order valence-electron chi connectivity index (χ4n) is 1.63. The van der Waals surface area contributed by atoms with Gasteiger partial charge in [0.15, 0.2) is 11.5 Å². The van der Waals surface area contributed by atoms with Crippen LogP contribution in [0.4, 0.5) is 0 Å². The van der Waals surface area contributed by atoms with Crippen molar-refractivity contribution in [1.29, 1.82) is 0 Å². The molecule has 82 valence electrons. The molecule has 0 unspecified atom stereocenters. The second-order valence-corrected chi connectivity index (χ2v) is 3.69. The second kappa shape index (κ2) is 5.03. The monoisotopic (exact) mass is 207 g/mol. The molecule has 0 aliphatic carbocycles. The Bertz CT molecular complexity index is 325. The molecule has 1 aliphatic rings. The molecule has 0 saturated carbocycles. The van der Waals surface area contributed by atoms with Gasteiger partial charge in [0, 0.05) is 0 Å². The zero-order valence-electron chi connectivity index (χ0n) is 9.08. The van der Waals surface area contributed by atoms with Crippen molar-refractivity contribution in [2.45, 2.75) is 19.8 Å². The van der Waals surface area contributed by atoms with Gasteiger partial charge < -0.3 is 14.8 Å². The molecule has 1 aromatic rings. The van der Waals surface area contributed by atoms with E-state index in [1.165, 1.54) is 12.0 Å². The van der Waals surface area contributed by atoms with E-state index in [1.807, 2.05) is 6.07 Å². The summed E-state index contributed by atoms with van der Waals surface area (Å²) in [5, 5.41) is 3.38. The molecule has 0 bridgehead atoms. The molecular weight excluding hydrogens is 190 g/mol. The van der Waals surface area contributed by atoms with Gasteiger partial charge >= 0.3 is 0 Å². The third-order valence-electron chi connectivity index (χ3n) is 2.45. The standard InChI is InChI=1S/C12H17NO2/c1-2-6-13-7-5-10-3-4-11-12(8-10)15-9-14-11/h3-4,8,13H,2,5-7,9H2,1H3. The Labute approximate surface area is 90.4 Å². The first-order chi connectivity index (χ1) is 7.40. The Balaban J connectivity index is 1.87. The summed E-state index contributed by atoms with van der Waals surface area (Å²) in [6.45, 7) is 4.64. The highest BCUT2D eigenvalue weighted by Crippen LogP contribution is 2.32. The topological polar surface area (TPSA) is 30.5 Å². The highest BCUT2D eigenvalue weighted by molar-refractivity contribution is 5.44. The summed E-state index contributed by atoms with van der Waals surface area (Å²) < 4.78 is 10.6. The lowest BCUT2D eigenvalue weighted by Crippen LogP contribution is -2.17. The number of rotatable bonds is 5. The van der Waals surface area contributed by atoms with Gasteiger partial charge in [0.1, 0.15) is 0 Å². The van der Waals surface area contributed by atoms with E-state index in [9.17, 15) is 0 Å². The summed E-state index contributed by atoms with van der Waals surface area (Å²) in [6, 6.07) is 6.15. The molecule has 0 atom stereocenters. The van der Waals surface area contributed by atoms with Gasteiger partial charge in [-0.25, -0.2) is 0 Å². The van der Waals surface area contributed by atoms with Crippen LogP contribution < -0.4 is 14.8 Å². The van der Waals surface area contributed by atoms with Crippen molar-refractivity contribution in [3.8, 4) is 11.5 Å². The van der Waals surface area contributed by atoms with Crippen LogP contribution in [0, 0.1) is 0 Å². The SMILES string of the molecule is CCCNCCc1ccc2c(c1)OCO2. The molecule has 0 spiro atoms. The molecule has 1 N–H and O–H groups in total. The van der Waals surface area contributed by atoms with E-state index in [1.54, 1.807) is 0 Å². The predicted molar refractivity (Wildman–Crippen MR) is 59.4 cm³/mol. The van der Waals surface area contributed by atoms with E-state index in [4.69, 9.17) is 9.47 Å². The molecule has 3 heteroatoms. The van der Waals surface area contributed by atoms with Gasteiger partial charge in [-0.2, -0.15) is 0 Å². The molecule has 2 rings (SSSR count). The fraction of sp³-hybridized carbons (Fsp3) is 0.500. The van der Waals surface area contributed by atoms with Crippen LogP contribution in [0.2, 0.25) is 0 Å². The minimum Gasteiger partial charge on any atom is -0.454 e. The number of fused-ring (bicyclic) bond motifs is 1. The number of hydrogen-bond acceptors (Lipinski definition) is 3. The van der Waals surface area contributed by atoms with Crippen molar-refractivity contribution in [2.24, 2.45) is 0 Å². The maximum absolute atomic E-state index is 5.32. The van der Waals surface area contributed by atoms with Crippen LogP contribution in [0.15, 0.2) is 18.2 Å². The average molecular weight is 207 g/mol. The van der Waals surface area contributed by atoms with Gasteiger partial charge in [0.05, 0.1) is 0 Å². The van der Waals surface area contributed by atoms with Crippen LogP contribution in [-0.2, 0) is 6.42 Å². The molecule has 0 fully saturated rings. The Kier molecular flexibility index (Phi) is 3.45. The van der Waals surface area contributed by atoms with Crippen molar-refractivity contribution >= 4 is 0 Å². The van der Waals surface area contributed by atoms with Crippen LogP contribution in [-0.4, -0.2) is 19.9 Å². The first kappa shape index (κ1) is 10.3. The highest BCUT2D eigenvalue weighted by atomic mass is 16.7. The molecule has 1 aliphatic heterocycles. The van der Waals surface area contributed by atoms with Crippen molar-refractivity contribution in [3.63, 3.8) is 0 Å². The van der Waals surface area contributed by atoms with Crippen molar-refractivity contribution < 1.29 is 9.47 Å². The molecule has 1 aromatic carbocycles. The van der Waals surface area contributed by atoms with Gasteiger partial charge in [-0.3, -0.25) is 0 Å². The Morgan fingerprint density at radius 2 is 2.07 bits per heavy atom. The summed E-state index contributed by atoms with van der Waals surface area (Å²) in [4.78, 5) is 0. The summed E-state index contributed by atoms with van der Waals surface area (Å²) >= 11 is 0. The third kappa shape index (κ3) is 2.63. The molecule has 0 aromatic heterocycles. The van der Waals surface area contributed by atoms with Crippen LogP contribution in [0.25, 0.3) is 0 Å². The fourth-order valence-corrected chi connectivity index (χ4v) is 1.63. The maximum Gasteiger partial charge on any atom is 0.231 e. The van der Waals surface area contributed by atoms with Gasteiger partial charge in [-0.05, 0) is 43.6 Å². The Morgan fingerprint density at radius 3 is 2.93 bits per heavy atom. The summed E-state index contributed by atoms with van der Waals surface area (Å²) in [5.41, 5.74) is 1.29. The number of benzene rings is 1. The minimum absolute atomic E-state index is 0.354. The molecule has 0 saturated heterocycles. The van der Waals surface area contributed by atoms with Gasteiger partial charge in [0.25, 0.3) is 0 Å².